The van der Waals surface area contributed by atoms with Gasteiger partial charge < -0.3 is 4.74 Å². The Kier molecular flexibility index (Phi) is 21.0. The number of ether oxygens (including phenoxy) is 1. The summed E-state index contributed by atoms with van der Waals surface area (Å²) in [6.07, 6.45) is 27.8. The van der Waals surface area contributed by atoms with E-state index in [0.29, 0.717) is 5.92 Å². The summed E-state index contributed by atoms with van der Waals surface area (Å²) in [4.78, 5) is 0. The van der Waals surface area contributed by atoms with Crippen LogP contribution in [0.4, 0.5) is 0 Å². The Hall–Kier alpha value is -0.560. The Labute approximate surface area is 159 Å². The Bertz CT molecular complexity index is 292. The first kappa shape index (κ1) is 24.4. The van der Waals surface area contributed by atoms with E-state index in [-0.39, 0.29) is 0 Å². The molecule has 1 heteroatoms. The van der Waals surface area contributed by atoms with Gasteiger partial charge in [-0.3, -0.25) is 0 Å². The quantitative estimate of drug-likeness (QED) is 0.168. The molecule has 0 fully saturated rings. The van der Waals surface area contributed by atoms with E-state index in [1.807, 2.05) is 0 Å². The normalized spacial score (nSPS) is 13.2. The summed E-state index contributed by atoms with van der Waals surface area (Å²) in [5.41, 5.74) is 0. The van der Waals surface area contributed by atoms with E-state index in [0.717, 1.165) is 19.6 Å². The maximum Gasteiger partial charge on any atom is 0.0491 e. The summed E-state index contributed by atoms with van der Waals surface area (Å²) < 4.78 is 5.70. The third kappa shape index (κ3) is 21.4. The minimum Gasteiger partial charge on any atom is -0.381 e. The molecule has 0 heterocycles. The highest BCUT2D eigenvalue weighted by molar-refractivity contribution is 4.92. The van der Waals surface area contributed by atoms with Gasteiger partial charge in [0.15, 0.2) is 0 Å². The van der Waals surface area contributed by atoms with Crippen LogP contribution in [-0.2, 0) is 4.74 Å². The molecule has 0 aromatic rings. The molecule has 0 amide bonds. The zero-order chi connectivity index (χ0) is 18.4. The van der Waals surface area contributed by atoms with E-state index in [4.69, 9.17) is 4.74 Å². The van der Waals surface area contributed by atoms with Crippen LogP contribution in [0.2, 0.25) is 0 Å². The highest BCUT2D eigenvalue weighted by atomic mass is 16.5. The summed E-state index contributed by atoms with van der Waals surface area (Å²) in [5.74, 6) is 0.717. The molecule has 0 bridgehead atoms. The molecule has 1 unspecified atom stereocenters. The molecule has 0 saturated carbocycles. The maximum absolute atomic E-state index is 5.70. The Morgan fingerprint density at radius 2 is 1.24 bits per heavy atom. The highest BCUT2D eigenvalue weighted by Crippen LogP contribution is 2.09. The molecular weight excluding hydrogens is 304 g/mol. The molecule has 1 atom stereocenters. The molecule has 148 valence electrons. The van der Waals surface area contributed by atoms with Crippen molar-refractivity contribution < 1.29 is 4.74 Å². The van der Waals surface area contributed by atoms with Crippen LogP contribution in [0.1, 0.15) is 111 Å². The fourth-order valence-electron chi connectivity index (χ4n) is 2.77. The minimum atomic E-state index is 0.717. The van der Waals surface area contributed by atoms with Crippen molar-refractivity contribution in [1.29, 1.82) is 0 Å². The molecule has 0 aliphatic rings. The Morgan fingerprint density at radius 3 is 1.84 bits per heavy atom. The van der Waals surface area contributed by atoms with Gasteiger partial charge in [0.05, 0.1) is 0 Å². The van der Waals surface area contributed by atoms with Gasteiger partial charge in [0.2, 0.25) is 0 Å². The maximum atomic E-state index is 5.70. The van der Waals surface area contributed by atoms with Crippen LogP contribution < -0.4 is 0 Å². The second-order valence-corrected chi connectivity index (χ2v) is 7.53. The lowest BCUT2D eigenvalue weighted by atomic mass is 10.1. The van der Waals surface area contributed by atoms with Gasteiger partial charge in [-0.05, 0) is 44.4 Å². The first-order valence-corrected chi connectivity index (χ1v) is 11.2. The van der Waals surface area contributed by atoms with Gasteiger partial charge in [-0.1, -0.05) is 96.4 Å². The molecule has 0 aliphatic heterocycles. The second-order valence-electron chi connectivity index (χ2n) is 7.53. The fourth-order valence-corrected chi connectivity index (χ4v) is 2.77. The summed E-state index contributed by atoms with van der Waals surface area (Å²) in [5, 5.41) is 0. The van der Waals surface area contributed by atoms with E-state index in [1.165, 1.54) is 83.5 Å². The van der Waals surface area contributed by atoms with Crippen LogP contribution in [0.5, 0.6) is 0 Å². The molecule has 0 aliphatic carbocycles. The van der Waals surface area contributed by atoms with Gasteiger partial charge in [-0.2, -0.15) is 0 Å². The van der Waals surface area contributed by atoms with Crippen molar-refractivity contribution in [2.45, 2.75) is 111 Å². The summed E-state index contributed by atoms with van der Waals surface area (Å²) in [6, 6.07) is 0. The van der Waals surface area contributed by atoms with Crippen LogP contribution in [0.3, 0.4) is 0 Å². The topological polar surface area (TPSA) is 9.23 Å². The molecule has 0 aromatic heterocycles. The summed E-state index contributed by atoms with van der Waals surface area (Å²) >= 11 is 0. The van der Waals surface area contributed by atoms with Gasteiger partial charge in [-0.15, -0.1) is 0 Å². The first-order valence-electron chi connectivity index (χ1n) is 11.2. The van der Waals surface area contributed by atoms with Crippen molar-refractivity contribution in [3.63, 3.8) is 0 Å². The van der Waals surface area contributed by atoms with Gasteiger partial charge >= 0.3 is 0 Å². The number of unbranched alkanes of at least 4 members (excludes halogenated alkanes) is 10. The molecule has 0 radical (unpaired) electrons. The summed E-state index contributed by atoms with van der Waals surface area (Å²) in [6.45, 7) is 8.66. The lowest BCUT2D eigenvalue weighted by molar-refractivity contribution is 0.100. The zero-order valence-electron chi connectivity index (χ0n) is 17.6. The largest absolute Gasteiger partial charge is 0.381 e. The van der Waals surface area contributed by atoms with Crippen LogP contribution in [0.25, 0.3) is 0 Å². The number of rotatable bonds is 19. The molecule has 0 aromatic carbocycles. The molecule has 0 saturated heterocycles. The number of allylic oxidation sites excluding steroid dienone is 4. The monoisotopic (exact) mass is 350 g/mol. The third-order valence-corrected chi connectivity index (χ3v) is 4.84. The fraction of sp³-hybridized carbons (Fsp3) is 0.833. The second kappa shape index (κ2) is 21.5. The van der Waals surface area contributed by atoms with Gasteiger partial charge in [0.1, 0.15) is 0 Å². The van der Waals surface area contributed by atoms with E-state index in [2.05, 4.69) is 45.1 Å². The Balaban J connectivity index is 3.16. The van der Waals surface area contributed by atoms with Crippen LogP contribution in [0.15, 0.2) is 24.3 Å². The van der Waals surface area contributed by atoms with Crippen LogP contribution >= 0.6 is 0 Å². The lowest BCUT2D eigenvalue weighted by Crippen LogP contribution is -2.05. The van der Waals surface area contributed by atoms with Gasteiger partial charge in [0, 0.05) is 13.2 Å². The molecule has 0 spiro atoms. The molecule has 0 N–H and O–H groups in total. The smallest absolute Gasteiger partial charge is 0.0491 e. The lowest BCUT2D eigenvalue weighted by Gasteiger charge is -2.09. The van der Waals surface area contributed by atoms with Crippen molar-refractivity contribution in [2.75, 3.05) is 13.2 Å². The highest BCUT2D eigenvalue weighted by Gasteiger charge is 1.97. The van der Waals surface area contributed by atoms with E-state index >= 15 is 0 Å². The molecule has 0 rings (SSSR count). The van der Waals surface area contributed by atoms with Crippen molar-refractivity contribution >= 4 is 0 Å². The molecule has 1 nitrogen and oxygen atoms in total. The number of hydrogen-bond donors (Lipinski definition) is 0. The average Bonchev–Trinajstić information content (AvgIpc) is 2.63. The van der Waals surface area contributed by atoms with Gasteiger partial charge in [-0.25, -0.2) is 0 Å². The predicted molar refractivity (Wildman–Crippen MR) is 114 cm³/mol. The molecule has 25 heavy (non-hydrogen) atoms. The number of hydrogen-bond acceptors (Lipinski definition) is 1. The zero-order valence-corrected chi connectivity index (χ0v) is 17.6. The standard InChI is InChI=1S/C24H46O/c1-4-6-7-8-9-10-11-12-13-14-15-16-17-18-19-20-21-22-25-23-24(3)5-2/h10-11,13-14,24H,4-9,12,15-23H2,1-3H3/b11-10-,14-13-. The first-order chi connectivity index (χ1) is 12.3. The summed E-state index contributed by atoms with van der Waals surface area (Å²) in [7, 11) is 0. The van der Waals surface area contributed by atoms with E-state index < -0.39 is 0 Å². The minimum absolute atomic E-state index is 0.717. The van der Waals surface area contributed by atoms with Crippen LogP contribution in [0, 0.1) is 5.92 Å². The Morgan fingerprint density at radius 1 is 0.680 bits per heavy atom. The van der Waals surface area contributed by atoms with E-state index in [9.17, 15) is 0 Å². The van der Waals surface area contributed by atoms with Crippen molar-refractivity contribution in [3.8, 4) is 0 Å². The van der Waals surface area contributed by atoms with Crippen molar-refractivity contribution in [1.82, 2.24) is 0 Å². The van der Waals surface area contributed by atoms with Crippen molar-refractivity contribution in [2.24, 2.45) is 5.92 Å². The van der Waals surface area contributed by atoms with E-state index in [1.54, 1.807) is 0 Å². The SMILES string of the molecule is CCCCCC/C=C\C/C=C\CCCCCCCCOCC(C)CC. The third-order valence-electron chi connectivity index (χ3n) is 4.84. The van der Waals surface area contributed by atoms with Crippen molar-refractivity contribution in [3.05, 3.63) is 24.3 Å². The average molecular weight is 351 g/mol. The predicted octanol–water partition coefficient (Wildman–Crippen LogP) is 8.25. The molecular formula is C24H46O. The van der Waals surface area contributed by atoms with Gasteiger partial charge in [0.25, 0.3) is 0 Å². The van der Waals surface area contributed by atoms with Crippen LogP contribution in [-0.4, -0.2) is 13.2 Å².